The number of amides is 1. The third-order valence-corrected chi connectivity index (χ3v) is 5.55. The van der Waals surface area contributed by atoms with Crippen LogP contribution in [0.5, 0.6) is 0 Å². The Balaban J connectivity index is 1.83. The minimum atomic E-state index is -3.58. The van der Waals surface area contributed by atoms with E-state index in [1.54, 1.807) is 18.2 Å². The van der Waals surface area contributed by atoms with E-state index in [0.717, 1.165) is 6.42 Å². The zero-order valence-electron chi connectivity index (χ0n) is 14.5. The van der Waals surface area contributed by atoms with E-state index in [1.165, 1.54) is 17.7 Å². The normalized spacial score (nSPS) is 12.6. The van der Waals surface area contributed by atoms with Crippen LogP contribution in [0.2, 0.25) is 0 Å². The number of anilines is 1. The first-order valence-electron chi connectivity index (χ1n) is 8.37. The molecule has 0 spiro atoms. The van der Waals surface area contributed by atoms with Crippen LogP contribution in [0.25, 0.3) is 0 Å². The van der Waals surface area contributed by atoms with Crippen molar-refractivity contribution in [2.24, 2.45) is 0 Å². The van der Waals surface area contributed by atoms with E-state index in [2.05, 4.69) is 23.9 Å². The molecule has 1 amide bonds. The van der Waals surface area contributed by atoms with Crippen LogP contribution in [0, 0.1) is 0 Å². The second-order valence-electron chi connectivity index (χ2n) is 5.94. The summed E-state index contributed by atoms with van der Waals surface area (Å²) >= 11 is 0. The summed E-state index contributed by atoms with van der Waals surface area (Å²) < 4.78 is 26.6. The number of carbonyl (C=O) groups is 1. The van der Waals surface area contributed by atoms with Crippen molar-refractivity contribution in [1.29, 1.82) is 0 Å². The predicted molar refractivity (Wildman–Crippen MR) is 100 cm³/mol. The van der Waals surface area contributed by atoms with Crippen LogP contribution in [0.15, 0.2) is 59.5 Å². The van der Waals surface area contributed by atoms with Crippen LogP contribution in [0.1, 0.15) is 38.2 Å². The van der Waals surface area contributed by atoms with E-state index in [0.29, 0.717) is 11.6 Å². The average Bonchev–Trinajstić information content (AvgIpc) is 2.62. The summed E-state index contributed by atoms with van der Waals surface area (Å²) in [6, 6.07) is 15.8. The highest BCUT2D eigenvalue weighted by Crippen LogP contribution is 2.20. The molecule has 0 aliphatic heterocycles. The molecule has 2 N–H and O–H groups in total. The molecule has 1 atom stereocenters. The van der Waals surface area contributed by atoms with Crippen LogP contribution in [-0.2, 0) is 14.8 Å². The molecular formula is C19H24N2O3S. The fraction of sp³-hybridized carbons (Fsp3) is 0.316. The van der Waals surface area contributed by atoms with Gasteiger partial charge >= 0.3 is 0 Å². The largest absolute Gasteiger partial charge is 0.326 e. The first-order chi connectivity index (χ1) is 11.9. The van der Waals surface area contributed by atoms with Gasteiger partial charge in [-0.3, -0.25) is 4.79 Å². The second-order valence-corrected chi connectivity index (χ2v) is 7.71. The first-order valence-corrected chi connectivity index (χ1v) is 9.85. The van der Waals surface area contributed by atoms with Crippen LogP contribution in [0.3, 0.4) is 0 Å². The molecule has 1 unspecified atom stereocenters. The monoisotopic (exact) mass is 360 g/mol. The molecule has 5 nitrogen and oxygen atoms in total. The highest BCUT2D eigenvalue weighted by Gasteiger charge is 2.13. The summed E-state index contributed by atoms with van der Waals surface area (Å²) in [6.07, 6.45) is 1.13. The SMILES string of the molecule is CCC(C)c1ccc(NC(=O)CCNS(=O)(=O)c2ccccc2)cc1. The Labute approximate surface area is 149 Å². The van der Waals surface area contributed by atoms with Gasteiger partial charge in [0.2, 0.25) is 15.9 Å². The highest BCUT2D eigenvalue weighted by atomic mass is 32.2. The molecular weight excluding hydrogens is 336 g/mol. The molecule has 0 aliphatic carbocycles. The van der Waals surface area contributed by atoms with Crippen molar-refractivity contribution in [3.05, 3.63) is 60.2 Å². The van der Waals surface area contributed by atoms with Crippen molar-refractivity contribution in [2.45, 2.75) is 37.5 Å². The van der Waals surface area contributed by atoms with Gasteiger partial charge in [-0.2, -0.15) is 0 Å². The molecule has 0 aliphatic rings. The Morgan fingerprint density at radius 2 is 1.68 bits per heavy atom. The molecule has 0 saturated carbocycles. The van der Waals surface area contributed by atoms with E-state index in [9.17, 15) is 13.2 Å². The molecule has 2 rings (SSSR count). The summed E-state index contributed by atoms with van der Waals surface area (Å²) in [6.45, 7) is 4.34. The highest BCUT2D eigenvalue weighted by molar-refractivity contribution is 7.89. The first kappa shape index (κ1) is 19.1. The van der Waals surface area contributed by atoms with Gasteiger partial charge in [0.1, 0.15) is 0 Å². The lowest BCUT2D eigenvalue weighted by Gasteiger charge is -2.11. The Morgan fingerprint density at radius 3 is 2.28 bits per heavy atom. The van der Waals surface area contributed by atoms with Crippen molar-refractivity contribution in [3.8, 4) is 0 Å². The van der Waals surface area contributed by atoms with Gasteiger partial charge in [-0.05, 0) is 42.2 Å². The maximum absolute atomic E-state index is 12.1. The van der Waals surface area contributed by atoms with Gasteiger partial charge in [-0.15, -0.1) is 0 Å². The maximum atomic E-state index is 12.1. The quantitative estimate of drug-likeness (QED) is 0.756. The Morgan fingerprint density at radius 1 is 1.04 bits per heavy atom. The van der Waals surface area contributed by atoms with E-state index in [4.69, 9.17) is 0 Å². The summed E-state index contributed by atoms with van der Waals surface area (Å²) in [7, 11) is -3.58. The van der Waals surface area contributed by atoms with E-state index in [-0.39, 0.29) is 23.8 Å². The van der Waals surface area contributed by atoms with Crippen LogP contribution < -0.4 is 10.0 Å². The van der Waals surface area contributed by atoms with E-state index in [1.807, 2.05) is 24.3 Å². The number of carbonyl (C=O) groups excluding carboxylic acids is 1. The third kappa shape index (κ3) is 5.69. The van der Waals surface area contributed by atoms with Crippen molar-refractivity contribution >= 4 is 21.6 Å². The van der Waals surface area contributed by atoms with Crippen molar-refractivity contribution in [1.82, 2.24) is 4.72 Å². The summed E-state index contributed by atoms with van der Waals surface area (Å²) in [5.74, 6) is 0.254. The standard InChI is InChI=1S/C19H24N2O3S/c1-3-15(2)16-9-11-17(12-10-16)21-19(22)13-14-20-25(23,24)18-7-5-4-6-8-18/h4-12,15,20H,3,13-14H2,1-2H3,(H,21,22). The third-order valence-electron chi connectivity index (χ3n) is 4.07. The van der Waals surface area contributed by atoms with Crippen LogP contribution >= 0.6 is 0 Å². The van der Waals surface area contributed by atoms with Crippen molar-refractivity contribution < 1.29 is 13.2 Å². The zero-order chi connectivity index (χ0) is 18.3. The van der Waals surface area contributed by atoms with Crippen LogP contribution in [-0.4, -0.2) is 20.9 Å². The number of sulfonamides is 1. The fourth-order valence-electron chi connectivity index (χ4n) is 2.34. The van der Waals surface area contributed by atoms with E-state index >= 15 is 0 Å². The summed E-state index contributed by atoms with van der Waals surface area (Å²) in [4.78, 5) is 12.2. The lowest BCUT2D eigenvalue weighted by molar-refractivity contribution is -0.116. The fourth-order valence-corrected chi connectivity index (χ4v) is 3.39. The smallest absolute Gasteiger partial charge is 0.240 e. The van der Waals surface area contributed by atoms with Gasteiger partial charge in [-0.1, -0.05) is 44.2 Å². The minimum absolute atomic E-state index is 0.0496. The van der Waals surface area contributed by atoms with Crippen molar-refractivity contribution in [3.63, 3.8) is 0 Å². The summed E-state index contributed by atoms with van der Waals surface area (Å²) in [5.41, 5.74) is 1.94. The second kappa shape index (κ2) is 8.78. The van der Waals surface area contributed by atoms with Gasteiger partial charge in [0.05, 0.1) is 4.90 Å². The van der Waals surface area contributed by atoms with Gasteiger partial charge in [-0.25, -0.2) is 13.1 Å². The molecule has 0 saturated heterocycles. The van der Waals surface area contributed by atoms with Gasteiger partial charge < -0.3 is 5.32 Å². The van der Waals surface area contributed by atoms with Gasteiger partial charge in [0.15, 0.2) is 0 Å². The average molecular weight is 360 g/mol. The Hall–Kier alpha value is -2.18. The van der Waals surface area contributed by atoms with Gasteiger partial charge in [0.25, 0.3) is 0 Å². The molecule has 25 heavy (non-hydrogen) atoms. The zero-order valence-corrected chi connectivity index (χ0v) is 15.3. The number of hydrogen-bond donors (Lipinski definition) is 2. The topological polar surface area (TPSA) is 75.3 Å². The molecule has 0 fully saturated rings. The molecule has 2 aromatic rings. The molecule has 0 aromatic heterocycles. The molecule has 134 valence electrons. The lowest BCUT2D eigenvalue weighted by Crippen LogP contribution is -2.27. The minimum Gasteiger partial charge on any atom is -0.326 e. The van der Waals surface area contributed by atoms with Crippen molar-refractivity contribution in [2.75, 3.05) is 11.9 Å². The molecule has 6 heteroatoms. The number of nitrogens with one attached hydrogen (secondary N) is 2. The number of rotatable bonds is 8. The lowest BCUT2D eigenvalue weighted by atomic mass is 9.99. The Kier molecular flexibility index (Phi) is 6.73. The molecule has 0 radical (unpaired) electrons. The number of hydrogen-bond acceptors (Lipinski definition) is 3. The predicted octanol–water partition coefficient (Wildman–Crippen LogP) is 3.51. The van der Waals surface area contributed by atoms with Crippen LogP contribution in [0.4, 0.5) is 5.69 Å². The maximum Gasteiger partial charge on any atom is 0.240 e. The molecule has 0 heterocycles. The molecule has 2 aromatic carbocycles. The Bertz CT molecular complexity index is 787. The summed E-state index contributed by atoms with van der Waals surface area (Å²) in [5, 5.41) is 2.78. The van der Waals surface area contributed by atoms with Gasteiger partial charge in [0, 0.05) is 18.7 Å². The number of benzene rings is 2. The van der Waals surface area contributed by atoms with E-state index < -0.39 is 10.0 Å². The molecule has 0 bridgehead atoms.